The molecule has 1 saturated heterocycles. The Morgan fingerprint density at radius 1 is 1.05 bits per heavy atom. The lowest BCUT2D eigenvalue weighted by Gasteiger charge is -2.37. The molecule has 2 aromatic rings. The van der Waals surface area contributed by atoms with Gasteiger partial charge in [0.15, 0.2) is 0 Å². The van der Waals surface area contributed by atoms with Gasteiger partial charge in [0.2, 0.25) is 5.90 Å². The van der Waals surface area contributed by atoms with Crippen molar-refractivity contribution >= 4 is 28.3 Å². The Morgan fingerprint density at radius 3 is 2.30 bits per heavy atom. The number of sulfonamides is 1. The Morgan fingerprint density at radius 2 is 1.70 bits per heavy atom. The molecule has 5 nitrogen and oxygen atoms in total. The fraction of sp³-hybridized carbons (Fsp3) is 0.552. The molecular weight excluding hydrogens is 511 g/mol. The molecule has 8 heteroatoms. The summed E-state index contributed by atoms with van der Waals surface area (Å²) in [5.74, 6) is 0.172. The first kappa shape index (κ1) is 28.1. The molecule has 0 radical (unpaired) electrons. The highest BCUT2D eigenvalue weighted by Crippen LogP contribution is 2.36. The Bertz CT molecular complexity index is 1220. The van der Waals surface area contributed by atoms with Gasteiger partial charge in [-0.15, -0.1) is 16.8 Å². The van der Waals surface area contributed by atoms with E-state index in [1.54, 1.807) is 32.0 Å². The van der Waals surface area contributed by atoms with E-state index < -0.39 is 20.9 Å². The summed E-state index contributed by atoms with van der Waals surface area (Å²) in [6.45, 7) is 7.82. The molecule has 1 unspecified atom stereocenters. The summed E-state index contributed by atoms with van der Waals surface area (Å²) >= 11 is 0. The molecular formula is C29H38ClFN2O3S. The van der Waals surface area contributed by atoms with Gasteiger partial charge in [0.1, 0.15) is 16.7 Å². The fourth-order valence-electron chi connectivity index (χ4n) is 5.81. The second kappa shape index (κ2) is 11.0. The third-order valence-corrected chi connectivity index (χ3v) is 10.0. The van der Waals surface area contributed by atoms with Gasteiger partial charge in [-0.1, -0.05) is 49.4 Å². The van der Waals surface area contributed by atoms with Crippen molar-refractivity contribution in [1.29, 1.82) is 0 Å². The summed E-state index contributed by atoms with van der Waals surface area (Å²) in [4.78, 5) is 2.63. The zero-order chi connectivity index (χ0) is 25.5. The van der Waals surface area contributed by atoms with Gasteiger partial charge in [0.25, 0.3) is 10.0 Å². The number of nitrogens with zero attached hydrogens (tertiary/aromatic N) is 2. The van der Waals surface area contributed by atoms with E-state index in [4.69, 9.17) is 4.74 Å². The molecule has 37 heavy (non-hydrogen) atoms. The minimum absolute atomic E-state index is 0. The average Bonchev–Trinajstić information content (AvgIpc) is 3.67. The van der Waals surface area contributed by atoms with Crippen molar-refractivity contribution in [3.8, 4) is 0 Å². The standard InChI is InChI=1S/C29H37FN2O3S.ClH/c1-20(25-6-4-5-7-26(25)30)18-28-31-36(33,34)27(29(2,3)35-28)19-21-8-10-22(11-9-21)23-14-16-32(17-15-23)24-12-13-24;/h4-11,20,23-24,27H,12-19H2,1-3H3;1H/t20-,27?;/m1./s1. The molecule has 2 fully saturated rings. The van der Waals surface area contributed by atoms with Gasteiger partial charge in [-0.2, -0.15) is 0 Å². The number of ether oxygens (including phenoxy) is 1. The molecule has 1 aliphatic carbocycles. The van der Waals surface area contributed by atoms with Crippen molar-refractivity contribution in [2.24, 2.45) is 4.40 Å². The first-order valence-corrected chi connectivity index (χ1v) is 14.7. The molecule has 2 aliphatic heterocycles. The zero-order valence-electron chi connectivity index (χ0n) is 21.9. The highest BCUT2D eigenvalue weighted by Gasteiger charge is 2.46. The largest absolute Gasteiger partial charge is 0.473 e. The molecule has 2 atom stereocenters. The van der Waals surface area contributed by atoms with Crippen LogP contribution in [0.5, 0.6) is 0 Å². The minimum Gasteiger partial charge on any atom is -0.473 e. The van der Waals surface area contributed by atoms with E-state index >= 15 is 0 Å². The number of halogens is 2. The lowest BCUT2D eigenvalue weighted by atomic mass is 9.88. The van der Waals surface area contributed by atoms with Crippen molar-refractivity contribution < 1.29 is 17.5 Å². The quantitative estimate of drug-likeness (QED) is 0.411. The Kier molecular flexibility index (Phi) is 8.37. The molecule has 202 valence electrons. The van der Waals surface area contributed by atoms with E-state index in [0.717, 1.165) is 11.6 Å². The first-order valence-electron chi connectivity index (χ1n) is 13.2. The fourth-order valence-corrected chi connectivity index (χ4v) is 7.50. The minimum atomic E-state index is -3.79. The maximum absolute atomic E-state index is 14.2. The van der Waals surface area contributed by atoms with Crippen molar-refractivity contribution in [1.82, 2.24) is 4.90 Å². The van der Waals surface area contributed by atoms with E-state index in [9.17, 15) is 12.8 Å². The van der Waals surface area contributed by atoms with Crippen molar-refractivity contribution in [3.63, 3.8) is 0 Å². The number of hydrogen-bond acceptors (Lipinski definition) is 4. The van der Waals surface area contributed by atoms with Gasteiger partial charge >= 0.3 is 0 Å². The van der Waals surface area contributed by atoms with Gasteiger partial charge in [-0.3, -0.25) is 0 Å². The molecule has 2 aromatic carbocycles. The zero-order valence-corrected chi connectivity index (χ0v) is 23.5. The van der Waals surface area contributed by atoms with E-state index in [1.165, 1.54) is 50.4 Å². The summed E-state index contributed by atoms with van der Waals surface area (Å²) < 4.78 is 50.9. The van der Waals surface area contributed by atoms with Crippen LogP contribution < -0.4 is 0 Å². The first-order chi connectivity index (χ1) is 17.1. The molecule has 5 rings (SSSR count). The lowest BCUT2D eigenvalue weighted by molar-refractivity contribution is 0.0803. The SMILES string of the molecule is C[C@H](CC1=NS(=O)(=O)C(Cc2ccc(C3CCN(C4CC4)CC3)cc2)C(C)(C)O1)c1ccccc1F.Cl. The van der Waals surface area contributed by atoms with Gasteiger partial charge in [0, 0.05) is 12.5 Å². The van der Waals surface area contributed by atoms with Crippen molar-refractivity contribution in [3.05, 3.63) is 71.0 Å². The van der Waals surface area contributed by atoms with Gasteiger partial charge in [-0.25, -0.2) is 12.8 Å². The van der Waals surface area contributed by atoms with Crippen LogP contribution in [-0.4, -0.2) is 49.2 Å². The smallest absolute Gasteiger partial charge is 0.263 e. The molecule has 3 aliphatic rings. The molecule has 0 amide bonds. The third kappa shape index (κ3) is 6.37. The Balaban J connectivity index is 0.00000320. The predicted molar refractivity (Wildman–Crippen MR) is 149 cm³/mol. The summed E-state index contributed by atoms with van der Waals surface area (Å²) in [5, 5.41) is -0.787. The summed E-state index contributed by atoms with van der Waals surface area (Å²) in [6, 6.07) is 15.8. The van der Waals surface area contributed by atoms with Gasteiger partial charge in [-0.05, 0) is 93.6 Å². The highest BCUT2D eigenvalue weighted by molar-refractivity contribution is 7.91. The molecule has 0 N–H and O–H groups in total. The van der Waals surface area contributed by atoms with Crippen LogP contribution in [0.3, 0.4) is 0 Å². The van der Waals surface area contributed by atoms with Crippen LogP contribution in [0.4, 0.5) is 4.39 Å². The topological polar surface area (TPSA) is 59.0 Å². The molecule has 0 bridgehead atoms. The van der Waals surface area contributed by atoms with E-state index in [0.29, 0.717) is 17.9 Å². The Labute approximate surface area is 227 Å². The maximum Gasteiger partial charge on any atom is 0.263 e. The summed E-state index contributed by atoms with van der Waals surface area (Å²) in [5.41, 5.74) is 1.90. The average molecular weight is 549 g/mol. The molecule has 2 heterocycles. The van der Waals surface area contributed by atoms with Crippen LogP contribution in [0.15, 0.2) is 52.9 Å². The second-order valence-corrected chi connectivity index (χ2v) is 13.1. The van der Waals surface area contributed by atoms with Gasteiger partial charge < -0.3 is 9.64 Å². The van der Waals surface area contributed by atoms with Crippen molar-refractivity contribution in [2.45, 2.75) is 88.0 Å². The van der Waals surface area contributed by atoms with Crippen molar-refractivity contribution in [2.75, 3.05) is 13.1 Å². The monoisotopic (exact) mass is 548 g/mol. The van der Waals surface area contributed by atoms with Gasteiger partial charge in [0.05, 0.1) is 0 Å². The summed E-state index contributed by atoms with van der Waals surface area (Å²) in [7, 11) is -3.79. The maximum atomic E-state index is 14.2. The highest BCUT2D eigenvalue weighted by atomic mass is 35.5. The molecule has 0 spiro atoms. The van der Waals surface area contributed by atoms with Crippen LogP contribution in [0.25, 0.3) is 0 Å². The van der Waals surface area contributed by atoms with E-state index in [2.05, 4.69) is 33.6 Å². The van der Waals surface area contributed by atoms with Crippen LogP contribution in [0.2, 0.25) is 0 Å². The lowest BCUT2D eigenvalue weighted by Crippen LogP contribution is -2.50. The number of rotatable bonds is 7. The van der Waals surface area contributed by atoms with Crippen LogP contribution in [0, 0.1) is 5.82 Å². The second-order valence-electron chi connectivity index (χ2n) is 11.3. The number of likely N-dealkylation sites (tertiary alicyclic amines) is 1. The number of benzene rings is 2. The normalized spacial score (nSPS) is 24.4. The molecule has 1 saturated carbocycles. The van der Waals surface area contributed by atoms with Crippen LogP contribution in [-0.2, 0) is 21.2 Å². The molecule has 0 aromatic heterocycles. The number of piperidine rings is 1. The predicted octanol–water partition coefficient (Wildman–Crippen LogP) is 6.23. The van der Waals surface area contributed by atoms with Crippen LogP contribution in [0.1, 0.15) is 81.4 Å². The van der Waals surface area contributed by atoms with E-state index in [1.807, 2.05) is 6.92 Å². The summed E-state index contributed by atoms with van der Waals surface area (Å²) in [6.07, 6.45) is 5.67. The Hall–Kier alpha value is -1.96. The number of hydrogen-bond donors (Lipinski definition) is 0. The van der Waals surface area contributed by atoms with Crippen LogP contribution >= 0.6 is 12.4 Å². The van der Waals surface area contributed by atoms with E-state index in [-0.39, 0.29) is 36.5 Å². The third-order valence-electron chi connectivity index (χ3n) is 8.13.